The van der Waals surface area contributed by atoms with Crippen molar-refractivity contribution < 1.29 is 10.1 Å². The number of benzene rings is 2. The van der Waals surface area contributed by atoms with Gasteiger partial charge < -0.3 is 15.8 Å². The molecule has 1 atom stereocenters. The second-order valence-corrected chi connectivity index (χ2v) is 7.30. The lowest BCUT2D eigenvalue weighted by atomic mass is 10.1. The molecule has 5 rings (SSSR count). The Bertz CT molecular complexity index is 1120. The second kappa shape index (κ2) is 7.52. The van der Waals surface area contributed by atoms with Crippen LogP contribution in [0.5, 0.6) is 11.5 Å². The van der Waals surface area contributed by atoms with Gasteiger partial charge in [0.25, 0.3) is 0 Å². The van der Waals surface area contributed by atoms with Crippen LogP contribution in [0.1, 0.15) is 18.9 Å². The van der Waals surface area contributed by atoms with Crippen molar-refractivity contribution >= 4 is 16.9 Å². The number of aromatic nitrogens is 4. The summed E-state index contributed by atoms with van der Waals surface area (Å²) >= 11 is 0. The molecule has 1 saturated heterocycles. The van der Waals surface area contributed by atoms with E-state index >= 15 is 0 Å². The Morgan fingerprint density at radius 2 is 1.79 bits per heavy atom. The summed E-state index contributed by atoms with van der Waals surface area (Å²) in [5.74, 6) is 2.04. The summed E-state index contributed by atoms with van der Waals surface area (Å²) in [6, 6.07) is 18.0. The number of quaternary nitrogens is 1. The van der Waals surface area contributed by atoms with E-state index in [1.54, 1.807) is 0 Å². The SMILES string of the molecule is Nc1ncnc2c1c(-c1ccc(Oc3ccccc3)cc1)nn2[C@H]1CCC[NH2+]C1. The quantitative estimate of drug-likeness (QED) is 0.561. The molecule has 4 aromatic rings. The number of para-hydroxylation sites is 1. The van der Waals surface area contributed by atoms with Crippen LogP contribution in [0.3, 0.4) is 0 Å². The summed E-state index contributed by atoms with van der Waals surface area (Å²) in [5, 5.41) is 8.08. The molecule has 7 heteroatoms. The zero-order chi connectivity index (χ0) is 19.6. The number of hydrogen-bond donors (Lipinski definition) is 2. The lowest BCUT2D eigenvalue weighted by molar-refractivity contribution is -0.667. The molecule has 0 spiro atoms. The molecular weight excluding hydrogens is 364 g/mol. The van der Waals surface area contributed by atoms with Gasteiger partial charge >= 0.3 is 0 Å². The average Bonchev–Trinajstić information content (AvgIpc) is 3.17. The highest BCUT2D eigenvalue weighted by atomic mass is 16.5. The first-order chi connectivity index (χ1) is 14.3. The van der Waals surface area contributed by atoms with Gasteiger partial charge in [-0.2, -0.15) is 5.10 Å². The van der Waals surface area contributed by atoms with Gasteiger partial charge in [0.15, 0.2) is 5.65 Å². The van der Waals surface area contributed by atoms with Crippen molar-refractivity contribution in [1.82, 2.24) is 19.7 Å². The van der Waals surface area contributed by atoms with Gasteiger partial charge in [-0.15, -0.1) is 0 Å². The minimum atomic E-state index is 0.315. The third-order valence-corrected chi connectivity index (χ3v) is 5.36. The van der Waals surface area contributed by atoms with Crippen LogP contribution in [0, 0.1) is 0 Å². The number of rotatable bonds is 4. The van der Waals surface area contributed by atoms with E-state index in [4.69, 9.17) is 15.6 Å². The molecule has 0 unspecified atom stereocenters. The number of nitrogens with zero attached hydrogens (tertiary/aromatic N) is 4. The predicted octanol–water partition coefficient (Wildman–Crippen LogP) is 2.77. The monoisotopic (exact) mass is 387 g/mol. The summed E-state index contributed by atoms with van der Waals surface area (Å²) in [7, 11) is 0. The fraction of sp³-hybridized carbons (Fsp3) is 0.227. The molecule has 1 aliphatic heterocycles. The first-order valence-corrected chi connectivity index (χ1v) is 9.93. The van der Waals surface area contributed by atoms with Crippen LogP contribution in [-0.4, -0.2) is 32.8 Å². The Balaban J connectivity index is 1.52. The average molecular weight is 387 g/mol. The number of hydrogen-bond acceptors (Lipinski definition) is 5. The van der Waals surface area contributed by atoms with Gasteiger partial charge in [-0.05, 0) is 49.2 Å². The van der Waals surface area contributed by atoms with Gasteiger partial charge in [-0.25, -0.2) is 14.6 Å². The van der Waals surface area contributed by atoms with E-state index in [0.717, 1.165) is 46.8 Å². The van der Waals surface area contributed by atoms with E-state index in [2.05, 4.69) is 15.3 Å². The molecule has 2 aromatic carbocycles. The van der Waals surface area contributed by atoms with Gasteiger partial charge in [0, 0.05) is 5.56 Å². The molecule has 146 valence electrons. The molecule has 0 amide bonds. The van der Waals surface area contributed by atoms with Crippen LogP contribution in [0.4, 0.5) is 5.82 Å². The zero-order valence-electron chi connectivity index (χ0n) is 16.0. The Kier molecular flexibility index (Phi) is 4.57. The lowest BCUT2D eigenvalue weighted by Crippen LogP contribution is -2.87. The molecule has 7 nitrogen and oxygen atoms in total. The van der Waals surface area contributed by atoms with Crippen LogP contribution in [0.2, 0.25) is 0 Å². The largest absolute Gasteiger partial charge is 0.457 e. The topological polar surface area (TPSA) is 95.5 Å². The Labute approximate surface area is 168 Å². The van der Waals surface area contributed by atoms with Crippen LogP contribution >= 0.6 is 0 Å². The van der Waals surface area contributed by atoms with Gasteiger partial charge in [0.05, 0.1) is 18.5 Å². The molecule has 0 aliphatic carbocycles. The zero-order valence-corrected chi connectivity index (χ0v) is 16.0. The third-order valence-electron chi connectivity index (χ3n) is 5.36. The van der Waals surface area contributed by atoms with Gasteiger partial charge in [0.1, 0.15) is 35.4 Å². The molecule has 4 N–H and O–H groups in total. The molecular formula is C22H23N6O+. The van der Waals surface area contributed by atoms with E-state index < -0.39 is 0 Å². The Morgan fingerprint density at radius 3 is 2.55 bits per heavy atom. The van der Waals surface area contributed by atoms with Crippen molar-refractivity contribution in [3.8, 4) is 22.8 Å². The maximum atomic E-state index is 6.23. The van der Waals surface area contributed by atoms with Gasteiger partial charge in [-0.3, -0.25) is 0 Å². The second-order valence-electron chi connectivity index (χ2n) is 7.30. The normalized spacial score (nSPS) is 16.8. The van der Waals surface area contributed by atoms with E-state index in [0.29, 0.717) is 11.9 Å². The van der Waals surface area contributed by atoms with Gasteiger partial charge in [-0.1, -0.05) is 18.2 Å². The predicted molar refractivity (Wildman–Crippen MR) is 112 cm³/mol. The number of nitrogens with two attached hydrogens (primary N) is 2. The fourth-order valence-corrected chi connectivity index (χ4v) is 3.91. The summed E-state index contributed by atoms with van der Waals surface area (Å²) in [6.07, 6.45) is 3.79. The maximum Gasteiger partial charge on any atom is 0.164 e. The molecule has 0 saturated carbocycles. The standard InChI is InChI=1S/C22H22N6O/c23-21-19-20(15-8-10-18(11-9-15)29-17-6-2-1-3-7-17)27-28(22(19)26-14-25-21)16-5-4-12-24-13-16/h1-3,6-11,14,16,24H,4-5,12-13H2,(H2,23,25,26)/p+1/t16-/m0/s1. The number of fused-ring (bicyclic) bond motifs is 1. The highest BCUT2D eigenvalue weighted by Crippen LogP contribution is 2.33. The Hall–Kier alpha value is -3.45. The number of anilines is 1. The first-order valence-electron chi connectivity index (χ1n) is 9.93. The van der Waals surface area contributed by atoms with Crippen molar-refractivity contribution in [2.75, 3.05) is 18.8 Å². The minimum Gasteiger partial charge on any atom is -0.457 e. The van der Waals surface area contributed by atoms with Crippen LogP contribution in [-0.2, 0) is 0 Å². The maximum absolute atomic E-state index is 6.23. The van der Waals surface area contributed by atoms with Crippen molar-refractivity contribution in [3.63, 3.8) is 0 Å². The Morgan fingerprint density at radius 1 is 1.00 bits per heavy atom. The molecule has 3 heterocycles. The highest BCUT2D eigenvalue weighted by Gasteiger charge is 2.25. The van der Waals surface area contributed by atoms with Crippen molar-refractivity contribution in [3.05, 3.63) is 60.9 Å². The number of piperidine rings is 1. The first kappa shape index (κ1) is 17.6. The summed E-state index contributed by atoms with van der Waals surface area (Å²) in [4.78, 5) is 8.71. The van der Waals surface area contributed by atoms with E-state index in [9.17, 15) is 0 Å². The molecule has 0 bridgehead atoms. The molecule has 2 aromatic heterocycles. The van der Waals surface area contributed by atoms with E-state index in [1.165, 1.54) is 19.3 Å². The van der Waals surface area contributed by atoms with Crippen LogP contribution in [0.25, 0.3) is 22.3 Å². The van der Waals surface area contributed by atoms with Crippen LogP contribution in [0.15, 0.2) is 60.9 Å². The minimum absolute atomic E-state index is 0.315. The van der Waals surface area contributed by atoms with Crippen molar-refractivity contribution in [2.45, 2.75) is 18.9 Å². The van der Waals surface area contributed by atoms with E-state index in [-0.39, 0.29) is 0 Å². The van der Waals surface area contributed by atoms with Crippen molar-refractivity contribution in [2.24, 2.45) is 0 Å². The smallest absolute Gasteiger partial charge is 0.164 e. The summed E-state index contributed by atoms with van der Waals surface area (Å²) in [5.41, 5.74) is 8.82. The van der Waals surface area contributed by atoms with Gasteiger partial charge in [0.2, 0.25) is 0 Å². The summed E-state index contributed by atoms with van der Waals surface area (Å²) < 4.78 is 7.94. The molecule has 1 aliphatic rings. The molecule has 0 radical (unpaired) electrons. The van der Waals surface area contributed by atoms with Crippen LogP contribution < -0.4 is 15.8 Å². The summed E-state index contributed by atoms with van der Waals surface area (Å²) in [6.45, 7) is 2.17. The van der Waals surface area contributed by atoms with Crippen molar-refractivity contribution in [1.29, 1.82) is 0 Å². The molecule has 29 heavy (non-hydrogen) atoms. The molecule has 1 fully saturated rings. The highest BCUT2D eigenvalue weighted by molar-refractivity contribution is 5.98. The lowest BCUT2D eigenvalue weighted by Gasteiger charge is -2.20. The fourth-order valence-electron chi connectivity index (χ4n) is 3.91. The number of nitrogen functional groups attached to an aromatic ring is 1. The number of ether oxygens (including phenoxy) is 1. The third kappa shape index (κ3) is 3.40. The van der Waals surface area contributed by atoms with E-state index in [1.807, 2.05) is 59.3 Å².